The third kappa shape index (κ3) is 4.35. The van der Waals surface area contributed by atoms with Gasteiger partial charge in [0.15, 0.2) is 0 Å². The van der Waals surface area contributed by atoms with Crippen LogP contribution in [0.3, 0.4) is 0 Å². The summed E-state index contributed by atoms with van der Waals surface area (Å²) >= 11 is 0. The number of hydrogen-bond acceptors (Lipinski definition) is 7. The molecule has 3 rings (SSSR count). The zero-order valence-electron chi connectivity index (χ0n) is 19.4. The van der Waals surface area contributed by atoms with Gasteiger partial charge in [-0.05, 0) is 54.2 Å². The van der Waals surface area contributed by atoms with Crippen molar-refractivity contribution in [2.24, 2.45) is 16.0 Å². The molecule has 0 heterocycles. The number of oxime groups is 2. The molecule has 1 aliphatic rings. The van der Waals surface area contributed by atoms with E-state index >= 15 is 0 Å². The van der Waals surface area contributed by atoms with E-state index in [9.17, 15) is 15.3 Å². The molecule has 0 aromatic heterocycles. The molecule has 0 spiro atoms. The standard InChI is InChI=1S/C25H32N4O4/c1-4-6-12-25(24(26)7-5-2)21-14-17(23(28-31)13-16(3)27-30)8-10-19(21)20-11-9-18(29(32)33)15-22(20)25/h8-11,14-15,24,30-31H,4-7,12-13,26H2,1-3H3/b27-16+,28-23-. The van der Waals surface area contributed by atoms with Gasteiger partial charge in [-0.25, -0.2) is 0 Å². The molecule has 0 saturated carbocycles. The zero-order chi connectivity index (χ0) is 24.2. The minimum absolute atomic E-state index is 0.0544. The smallest absolute Gasteiger partial charge is 0.269 e. The van der Waals surface area contributed by atoms with Crippen LogP contribution >= 0.6 is 0 Å². The number of unbranched alkanes of at least 4 members (excludes halogenated alkanes) is 1. The molecular weight excluding hydrogens is 420 g/mol. The van der Waals surface area contributed by atoms with Crippen LogP contribution in [0.25, 0.3) is 11.1 Å². The molecule has 0 fully saturated rings. The Bertz CT molecular complexity index is 1100. The second kappa shape index (κ2) is 10.1. The Morgan fingerprint density at radius 1 is 1.09 bits per heavy atom. The van der Waals surface area contributed by atoms with Crippen molar-refractivity contribution in [1.82, 2.24) is 0 Å². The molecule has 2 unspecified atom stereocenters. The Kier molecular flexibility index (Phi) is 7.48. The zero-order valence-corrected chi connectivity index (χ0v) is 19.4. The number of non-ortho nitro benzene ring substituents is 1. The van der Waals surface area contributed by atoms with Crippen molar-refractivity contribution in [2.75, 3.05) is 0 Å². The average molecular weight is 453 g/mol. The number of nitro groups is 1. The van der Waals surface area contributed by atoms with Gasteiger partial charge in [0.05, 0.1) is 16.3 Å². The molecule has 33 heavy (non-hydrogen) atoms. The summed E-state index contributed by atoms with van der Waals surface area (Å²) in [5, 5.41) is 37.0. The molecule has 0 aliphatic heterocycles. The third-order valence-electron chi connectivity index (χ3n) is 6.69. The highest BCUT2D eigenvalue weighted by Crippen LogP contribution is 2.54. The molecule has 8 nitrogen and oxygen atoms in total. The first-order valence-electron chi connectivity index (χ1n) is 11.4. The van der Waals surface area contributed by atoms with E-state index in [0.29, 0.717) is 17.0 Å². The number of hydrogen-bond donors (Lipinski definition) is 3. The first kappa shape index (κ1) is 24.4. The first-order valence-corrected chi connectivity index (χ1v) is 11.4. The van der Waals surface area contributed by atoms with E-state index in [1.165, 1.54) is 0 Å². The number of nitrogens with zero attached hydrogens (tertiary/aromatic N) is 3. The third-order valence-corrected chi connectivity index (χ3v) is 6.69. The van der Waals surface area contributed by atoms with Crippen LogP contribution in [-0.2, 0) is 5.41 Å². The van der Waals surface area contributed by atoms with Crippen LogP contribution in [0, 0.1) is 10.1 Å². The highest BCUT2D eigenvalue weighted by Gasteiger charge is 2.47. The van der Waals surface area contributed by atoms with Crippen molar-refractivity contribution < 1.29 is 15.3 Å². The summed E-state index contributed by atoms with van der Waals surface area (Å²) in [6.45, 7) is 5.85. The van der Waals surface area contributed by atoms with E-state index in [1.54, 1.807) is 19.1 Å². The van der Waals surface area contributed by atoms with Crippen LogP contribution in [0.5, 0.6) is 0 Å². The van der Waals surface area contributed by atoms with Crippen molar-refractivity contribution in [3.63, 3.8) is 0 Å². The Morgan fingerprint density at radius 3 is 2.33 bits per heavy atom. The number of fused-ring (bicyclic) bond motifs is 3. The quantitative estimate of drug-likeness (QED) is 0.187. The highest BCUT2D eigenvalue weighted by atomic mass is 16.6. The van der Waals surface area contributed by atoms with Gasteiger partial charge in [0.2, 0.25) is 0 Å². The van der Waals surface area contributed by atoms with Crippen LogP contribution in [0.1, 0.15) is 76.0 Å². The Balaban J connectivity index is 2.29. The van der Waals surface area contributed by atoms with Crippen LogP contribution in [-0.4, -0.2) is 32.8 Å². The summed E-state index contributed by atoms with van der Waals surface area (Å²) in [5.41, 5.74) is 11.7. The van der Waals surface area contributed by atoms with E-state index in [2.05, 4.69) is 24.2 Å². The average Bonchev–Trinajstić information content (AvgIpc) is 3.10. The molecule has 4 N–H and O–H groups in total. The summed E-state index contributed by atoms with van der Waals surface area (Å²) in [6, 6.07) is 10.6. The molecular formula is C25H32N4O4. The van der Waals surface area contributed by atoms with Gasteiger partial charge in [-0.2, -0.15) is 0 Å². The monoisotopic (exact) mass is 452 g/mol. The second-order valence-electron chi connectivity index (χ2n) is 8.78. The van der Waals surface area contributed by atoms with Gasteiger partial charge < -0.3 is 16.1 Å². The molecule has 2 aromatic rings. The minimum atomic E-state index is -0.584. The predicted octanol–water partition coefficient (Wildman–Crippen LogP) is 5.60. The highest BCUT2D eigenvalue weighted by molar-refractivity contribution is 6.12. The maximum atomic E-state index is 11.6. The largest absolute Gasteiger partial charge is 0.411 e. The number of nitrogens with two attached hydrogens (primary N) is 1. The van der Waals surface area contributed by atoms with Crippen molar-refractivity contribution in [3.05, 3.63) is 63.2 Å². The molecule has 8 heteroatoms. The lowest BCUT2D eigenvalue weighted by atomic mass is 9.67. The molecule has 0 radical (unpaired) electrons. The topological polar surface area (TPSA) is 134 Å². The molecule has 176 valence electrons. The SMILES string of the molecule is CCCCC1(C(N)CCC)c2cc(/C(C/C(C)=N/O)=N\O)ccc2-c2ccc([N+](=O)[O-])cc21. The summed E-state index contributed by atoms with van der Waals surface area (Å²) in [6.07, 6.45) is 4.50. The van der Waals surface area contributed by atoms with Crippen LogP contribution < -0.4 is 5.73 Å². The van der Waals surface area contributed by atoms with E-state index < -0.39 is 5.41 Å². The normalized spacial score (nSPS) is 18.7. The first-order chi connectivity index (χ1) is 15.8. The Hall–Kier alpha value is -3.26. The summed E-state index contributed by atoms with van der Waals surface area (Å²) in [5.74, 6) is 0. The maximum Gasteiger partial charge on any atom is 0.269 e. The van der Waals surface area contributed by atoms with E-state index in [0.717, 1.165) is 54.4 Å². The van der Waals surface area contributed by atoms with Gasteiger partial charge in [0.25, 0.3) is 5.69 Å². The van der Waals surface area contributed by atoms with Crippen LogP contribution in [0.2, 0.25) is 0 Å². The summed E-state index contributed by atoms with van der Waals surface area (Å²) in [4.78, 5) is 11.2. The lowest BCUT2D eigenvalue weighted by Gasteiger charge is -2.38. The lowest BCUT2D eigenvalue weighted by Crippen LogP contribution is -2.45. The number of rotatable bonds is 10. The summed E-state index contributed by atoms with van der Waals surface area (Å²) < 4.78 is 0. The van der Waals surface area contributed by atoms with Gasteiger partial charge in [-0.3, -0.25) is 10.1 Å². The van der Waals surface area contributed by atoms with Gasteiger partial charge in [-0.15, -0.1) is 0 Å². The molecule has 0 saturated heterocycles. The molecule has 1 aliphatic carbocycles. The van der Waals surface area contributed by atoms with E-state index in [4.69, 9.17) is 10.9 Å². The van der Waals surface area contributed by atoms with E-state index in [1.807, 2.05) is 24.3 Å². The van der Waals surface area contributed by atoms with Gasteiger partial charge in [-0.1, -0.05) is 55.6 Å². The fourth-order valence-corrected chi connectivity index (χ4v) is 5.06. The van der Waals surface area contributed by atoms with Crippen LogP contribution in [0.4, 0.5) is 5.69 Å². The van der Waals surface area contributed by atoms with Crippen molar-refractivity contribution in [3.8, 4) is 11.1 Å². The van der Waals surface area contributed by atoms with Gasteiger partial charge in [0, 0.05) is 35.6 Å². The maximum absolute atomic E-state index is 11.6. The second-order valence-corrected chi connectivity index (χ2v) is 8.78. The molecule has 0 amide bonds. The number of benzene rings is 2. The van der Waals surface area contributed by atoms with Crippen molar-refractivity contribution in [1.29, 1.82) is 0 Å². The van der Waals surface area contributed by atoms with Crippen molar-refractivity contribution in [2.45, 2.75) is 70.8 Å². The Morgan fingerprint density at radius 2 is 1.76 bits per heavy atom. The molecule has 2 atom stereocenters. The summed E-state index contributed by atoms with van der Waals surface area (Å²) in [7, 11) is 0. The van der Waals surface area contributed by atoms with E-state index in [-0.39, 0.29) is 23.1 Å². The predicted molar refractivity (Wildman–Crippen MR) is 130 cm³/mol. The molecule has 0 bridgehead atoms. The van der Waals surface area contributed by atoms with Gasteiger partial charge in [0.1, 0.15) is 0 Å². The fourth-order valence-electron chi connectivity index (χ4n) is 5.06. The number of nitro benzene ring substituents is 1. The van der Waals surface area contributed by atoms with Gasteiger partial charge >= 0.3 is 0 Å². The van der Waals surface area contributed by atoms with Crippen LogP contribution in [0.15, 0.2) is 46.7 Å². The Labute approximate surface area is 194 Å². The minimum Gasteiger partial charge on any atom is -0.411 e. The fraction of sp³-hybridized carbons (Fsp3) is 0.440. The molecule has 2 aromatic carbocycles. The van der Waals surface area contributed by atoms with Crippen molar-refractivity contribution >= 4 is 17.1 Å². The lowest BCUT2D eigenvalue weighted by molar-refractivity contribution is -0.384.